The third-order valence-electron chi connectivity index (χ3n) is 4.73. The zero-order valence-corrected chi connectivity index (χ0v) is 19.8. The van der Waals surface area contributed by atoms with Gasteiger partial charge >= 0.3 is 0 Å². The number of nitrogens with zero attached hydrogens (tertiary/aromatic N) is 4. The van der Waals surface area contributed by atoms with Gasteiger partial charge in [0.05, 0.1) is 33.0 Å². The minimum absolute atomic E-state index is 0. The van der Waals surface area contributed by atoms with E-state index < -0.39 is 0 Å². The van der Waals surface area contributed by atoms with Crippen LogP contribution in [-0.4, -0.2) is 66.9 Å². The number of hydrogen-bond acceptors (Lipinski definition) is 5. The molecule has 164 valence electrons. The van der Waals surface area contributed by atoms with Gasteiger partial charge in [-0.3, -0.25) is 14.5 Å². The number of halogens is 1. The van der Waals surface area contributed by atoms with Crippen molar-refractivity contribution < 1.29 is 14.3 Å². The first-order valence-corrected chi connectivity index (χ1v) is 9.54. The van der Waals surface area contributed by atoms with E-state index in [4.69, 9.17) is 9.47 Å². The Kier molecular flexibility index (Phi) is 9.37. The van der Waals surface area contributed by atoms with Crippen LogP contribution in [0.15, 0.2) is 41.7 Å². The van der Waals surface area contributed by atoms with Gasteiger partial charge in [0.2, 0.25) is 5.91 Å². The van der Waals surface area contributed by atoms with Gasteiger partial charge in [-0.1, -0.05) is 12.1 Å². The van der Waals surface area contributed by atoms with E-state index in [9.17, 15) is 4.79 Å². The van der Waals surface area contributed by atoms with E-state index in [2.05, 4.69) is 25.6 Å². The van der Waals surface area contributed by atoms with Gasteiger partial charge in [0.1, 0.15) is 11.9 Å². The SMILES string of the molecule is CN=C(NCC(=O)NCc1ccc(OC)cc1)N1CCOC(c2cnn(C)c2)C1.I. The number of amides is 1. The van der Waals surface area contributed by atoms with Crippen LogP contribution in [0.25, 0.3) is 0 Å². The van der Waals surface area contributed by atoms with Crippen LogP contribution in [0.3, 0.4) is 0 Å². The Balaban J connectivity index is 0.00000320. The minimum atomic E-state index is -0.0981. The summed E-state index contributed by atoms with van der Waals surface area (Å²) in [4.78, 5) is 18.6. The van der Waals surface area contributed by atoms with Crippen LogP contribution in [0.5, 0.6) is 5.75 Å². The van der Waals surface area contributed by atoms with Crippen molar-refractivity contribution in [1.82, 2.24) is 25.3 Å². The Morgan fingerprint density at radius 3 is 2.73 bits per heavy atom. The summed E-state index contributed by atoms with van der Waals surface area (Å²) in [6, 6.07) is 7.60. The largest absolute Gasteiger partial charge is 0.497 e. The van der Waals surface area contributed by atoms with Gasteiger partial charge < -0.3 is 25.0 Å². The van der Waals surface area contributed by atoms with Crippen LogP contribution in [-0.2, 0) is 23.1 Å². The predicted octanol–water partition coefficient (Wildman–Crippen LogP) is 1.31. The molecule has 1 fully saturated rings. The molecule has 1 aliphatic rings. The number of hydrogen-bond donors (Lipinski definition) is 2. The second-order valence-corrected chi connectivity index (χ2v) is 6.78. The number of morpholine rings is 1. The highest BCUT2D eigenvalue weighted by Gasteiger charge is 2.25. The molecule has 2 N–H and O–H groups in total. The fourth-order valence-corrected chi connectivity index (χ4v) is 3.15. The molecule has 0 spiro atoms. The second kappa shape index (κ2) is 11.7. The third kappa shape index (κ3) is 6.59. The molecule has 9 nitrogen and oxygen atoms in total. The van der Waals surface area contributed by atoms with E-state index in [0.717, 1.165) is 16.9 Å². The van der Waals surface area contributed by atoms with Crippen molar-refractivity contribution in [2.24, 2.45) is 12.0 Å². The maximum Gasteiger partial charge on any atom is 0.239 e. The molecule has 0 radical (unpaired) electrons. The Morgan fingerprint density at radius 1 is 1.33 bits per heavy atom. The van der Waals surface area contributed by atoms with Crippen LogP contribution in [0, 0.1) is 0 Å². The normalized spacial score (nSPS) is 16.6. The number of benzene rings is 1. The molecule has 0 saturated carbocycles. The van der Waals surface area contributed by atoms with E-state index in [0.29, 0.717) is 32.2 Å². The lowest BCUT2D eigenvalue weighted by atomic mass is 10.1. The van der Waals surface area contributed by atoms with Crippen molar-refractivity contribution >= 4 is 35.8 Å². The Hall–Kier alpha value is -2.34. The molecule has 1 amide bonds. The lowest BCUT2D eigenvalue weighted by Crippen LogP contribution is -2.50. The summed E-state index contributed by atoms with van der Waals surface area (Å²) in [5, 5.41) is 10.3. The number of aromatic nitrogens is 2. The first-order valence-electron chi connectivity index (χ1n) is 9.54. The predicted molar refractivity (Wildman–Crippen MR) is 125 cm³/mol. The summed E-state index contributed by atoms with van der Waals surface area (Å²) in [6.45, 7) is 2.56. The summed E-state index contributed by atoms with van der Waals surface area (Å²) >= 11 is 0. The van der Waals surface area contributed by atoms with Gasteiger partial charge in [-0.2, -0.15) is 5.10 Å². The van der Waals surface area contributed by atoms with Gasteiger partial charge in [0, 0.05) is 38.9 Å². The fourth-order valence-electron chi connectivity index (χ4n) is 3.15. The Labute approximate surface area is 193 Å². The summed E-state index contributed by atoms with van der Waals surface area (Å²) in [5.74, 6) is 1.38. The molecule has 2 heterocycles. The average Bonchev–Trinajstić information content (AvgIpc) is 3.19. The van der Waals surface area contributed by atoms with Gasteiger partial charge in [-0.05, 0) is 17.7 Å². The number of carbonyl (C=O) groups excluding carboxylic acids is 1. The molecule has 3 rings (SSSR count). The number of ether oxygens (including phenoxy) is 2. The molecule has 1 aliphatic heterocycles. The van der Waals surface area contributed by atoms with E-state index in [-0.39, 0.29) is 42.5 Å². The molecule has 30 heavy (non-hydrogen) atoms. The van der Waals surface area contributed by atoms with Crippen molar-refractivity contribution in [3.05, 3.63) is 47.8 Å². The number of aryl methyl sites for hydroxylation is 1. The van der Waals surface area contributed by atoms with E-state index >= 15 is 0 Å². The molecule has 1 aromatic carbocycles. The van der Waals surface area contributed by atoms with Crippen molar-refractivity contribution in [2.75, 3.05) is 40.4 Å². The van der Waals surface area contributed by atoms with Gasteiger partial charge in [0.15, 0.2) is 5.96 Å². The molecule has 1 saturated heterocycles. The Morgan fingerprint density at radius 2 is 2.10 bits per heavy atom. The highest BCUT2D eigenvalue weighted by Crippen LogP contribution is 2.21. The fraction of sp³-hybridized carbons (Fsp3) is 0.450. The molecule has 1 unspecified atom stereocenters. The van der Waals surface area contributed by atoms with Crippen molar-refractivity contribution in [1.29, 1.82) is 0 Å². The van der Waals surface area contributed by atoms with Crippen LogP contribution in [0.2, 0.25) is 0 Å². The van der Waals surface area contributed by atoms with Crippen molar-refractivity contribution in [2.45, 2.75) is 12.6 Å². The van der Waals surface area contributed by atoms with Crippen LogP contribution in [0.4, 0.5) is 0 Å². The highest BCUT2D eigenvalue weighted by atomic mass is 127. The molecular formula is C20H29IN6O3. The number of aliphatic imine (C=N–C) groups is 1. The van der Waals surface area contributed by atoms with Gasteiger partial charge in [-0.15, -0.1) is 24.0 Å². The maximum atomic E-state index is 12.2. The minimum Gasteiger partial charge on any atom is -0.497 e. The summed E-state index contributed by atoms with van der Waals surface area (Å²) in [6.07, 6.45) is 3.70. The molecule has 2 aromatic rings. The number of methoxy groups -OCH3 is 1. The highest BCUT2D eigenvalue weighted by molar-refractivity contribution is 14.0. The smallest absolute Gasteiger partial charge is 0.239 e. The molecule has 1 atom stereocenters. The lowest BCUT2D eigenvalue weighted by Gasteiger charge is -2.34. The molecule has 10 heteroatoms. The zero-order chi connectivity index (χ0) is 20.6. The molecule has 1 aromatic heterocycles. The van der Waals surface area contributed by atoms with Crippen LogP contribution < -0.4 is 15.4 Å². The zero-order valence-electron chi connectivity index (χ0n) is 17.5. The first-order chi connectivity index (χ1) is 14.1. The monoisotopic (exact) mass is 528 g/mol. The maximum absolute atomic E-state index is 12.2. The summed E-state index contributed by atoms with van der Waals surface area (Å²) in [5.41, 5.74) is 2.04. The summed E-state index contributed by atoms with van der Waals surface area (Å²) < 4.78 is 12.8. The van der Waals surface area contributed by atoms with Crippen LogP contribution in [0.1, 0.15) is 17.2 Å². The van der Waals surface area contributed by atoms with Gasteiger partial charge in [0.25, 0.3) is 0 Å². The Bertz CT molecular complexity index is 839. The average molecular weight is 528 g/mol. The third-order valence-corrected chi connectivity index (χ3v) is 4.73. The van der Waals surface area contributed by atoms with E-state index in [1.54, 1.807) is 18.8 Å². The first kappa shape index (κ1) is 23.9. The topological polar surface area (TPSA) is 93.0 Å². The standard InChI is InChI=1S/C20H28N6O3.HI/c1-21-20(26-8-9-29-18(14-26)16-11-24-25(2)13-16)23-12-19(27)22-10-15-4-6-17(28-3)7-5-15;/h4-7,11,13,18H,8-10,12,14H2,1-3H3,(H,21,23)(H,22,27);1H. The molecule has 0 aliphatic carbocycles. The number of guanidine groups is 1. The number of nitrogens with one attached hydrogen (secondary N) is 2. The molecule has 0 bridgehead atoms. The number of carbonyl (C=O) groups is 1. The summed E-state index contributed by atoms with van der Waals surface area (Å²) in [7, 11) is 5.23. The molecular weight excluding hydrogens is 499 g/mol. The van der Waals surface area contributed by atoms with E-state index in [1.807, 2.05) is 43.7 Å². The quantitative estimate of drug-likeness (QED) is 0.334. The van der Waals surface area contributed by atoms with Gasteiger partial charge in [-0.25, -0.2) is 0 Å². The second-order valence-electron chi connectivity index (χ2n) is 6.78. The van der Waals surface area contributed by atoms with Crippen molar-refractivity contribution in [3.63, 3.8) is 0 Å². The number of rotatable bonds is 6. The lowest BCUT2D eigenvalue weighted by molar-refractivity contribution is -0.120. The van der Waals surface area contributed by atoms with E-state index in [1.165, 1.54) is 0 Å². The van der Waals surface area contributed by atoms with Crippen LogP contribution >= 0.6 is 24.0 Å². The van der Waals surface area contributed by atoms with Crippen molar-refractivity contribution in [3.8, 4) is 5.75 Å².